The van der Waals surface area contributed by atoms with Crippen LogP contribution in [0.15, 0.2) is 30.6 Å². The molecule has 0 bridgehead atoms. The van der Waals surface area contributed by atoms with E-state index in [1.54, 1.807) is 6.92 Å². The lowest BCUT2D eigenvalue weighted by molar-refractivity contribution is 0.194. The molecule has 1 N–H and O–H groups in total. The quantitative estimate of drug-likeness (QED) is 0.909. The summed E-state index contributed by atoms with van der Waals surface area (Å²) in [5.41, 5.74) is 0.731. The van der Waals surface area contributed by atoms with Gasteiger partial charge in [-0.15, -0.1) is 0 Å². The topological polar surface area (TPSA) is 57.4 Å². The number of aliphatic hydroxyl groups is 1. The van der Waals surface area contributed by atoms with Crippen LogP contribution >= 0.6 is 0 Å². The third kappa shape index (κ3) is 3.71. The highest BCUT2D eigenvalue weighted by Crippen LogP contribution is 2.18. The Morgan fingerprint density at radius 1 is 1.22 bits per heavy atom. The average molecular weight is 315 g/mol. The summed E-state index contributed by atoms with van der Waals surface area (Å²) >= 11 is 0. The van der Waals surface area contributed by atoms with Gasteiger partial charge in [0, 0.05) is 45.1 Å². The number of hydrogen-bond acceptors (Lipinski definition) is 5. The first kappa shape index (κ1) is 16.0. The largest absolute Gasteiger partial charge is 0.387 e. The molecule has 6 heteroatoms. The van der Waals surface area contributed by atoms with E-state index in [4.69, 9.17) is 0 Å². The van der Waals surface area contributed by atoms with Gasteiger partial charge in [0.2, 0.25) is 0 Å². The summed E-state index contributed by atoms with van der Waals surface area (Å²) in [6.45, 7) is 9.64. The molecule has 6 nitrogen and oxygen atoms in total. The number of nitrogens with zero attached hydrogens (tertiary/aromatic N) is 5. The van der Waals surface area contributed by atoms with Gasteiger partial charge in [-0.2, -0.15) is 0 Å². The summed E-state index contributed by atoms with van der Waals surface area (Å²) in [5.74, 6) is 2.09. The lowest BCUT2D eigenvalue weighted by atomic mass is 10.2. The second-order valence-corrected chi connectivity index (χ2v) is 5.99. The van der Waals surface area contributed by atoms with E-state index >= 15 is 0 Å². The van der Waals surface area contributed by atoms with Crippen molar-refractivity contribution in [2.45, 2.75) is 33.0 Å². The Morgan fingerprint density at radius 2 is 2.00 bits per heavy atom. The average Bonchev–Trinajstić information content (AvgIpc) is 3.03. The van der Waals surface area contributed by atoms with Gasteiger partial charge in [0.05, 0.1) is 18.3 Å². The molecule has 0 spiro atoms. The number of imidazole rings is 1. The molecule has 0 radical (unpaired) electrons. The molecule has 0 amide bonds. The molecular formula is C17H25N5O. The zero-order chi connectivity index (χ0) is 16.2. The number of pyridine rings is 1. The van der Waals surface area contributed by atoms with E-state index in [0.29, 0.717) is 0 Å². The third-order valence-electron chi connectivity index (χ3n) is 4.39. The minimum absolute atomic E-state index is 0.524. The first-order chi connectivity index (χ1) is 11.2. The molecule has 2 aromatic rings. The maximum atomic E-state index is 9.68. The Hall–Kier alpha value is -1.92. The number of piperazine rings is 1. The van der Waals surface area contributed by atoms with Gasteiger partial charge < -0.3 is 14.6 Å². The maximum absolute atomic E-state index is 9.68. The predicted octanol–water partition coefficient (Wildman–Crippen LogP) is 1.67. The van der Waals surface area contributed by atoms with Crippen molar-refractivity contribution < 1.29 is 5.11 Å². The zero-order valence-electron chi connectivity index (χ0n) is 13.9. The molecule has 1 saturated heterocycles. The van der Waals surface area contributed by atoms with E-state index < -0.39 is 6.10 Å². The standard InChI is InChI=1S/C17H25N5O/c1-3-21-8-7-18-17(21)13-20-9-11-22(12-10-20)16-6-4-5-15(19-16)14(2)23/h4-8,14,23H,3,9-13H2,1-2H3. The lowest BCUT2D eigenvalue weighted by Gasteiger charge is -2.35. The molecule has 0 saturated carbocycles. The number of aryl methyl sites for hydroxylation is 1. The number of anilines is 1. The monoisotopic (exact) mass is 315 g/mol. The maximum Gasteiger partial charge on any atom is 0.129 e. The Balaban J connectivity index is 1.59. The summed E-state index contributed by atoms with van der Waals surface area (Å²) in [6, 6.07) is 5.86. The summed E-state index contributed by atoms with van der Waals surface area (Å²) in [5, 5.41) is 9.68. The molecule has 1 aliphatic heterocycles. The van der Waals surface area contributed by atoms with Gasteiger partial charge >= 0.3 is 0 Å². The normalized spacial score (nSPS) is 17.4. The van der Waals surface area contributed by atoms with E-state index in [2.05, 4.69) is 31.3 Å². The Labute approximate surface area is 137 Å². The van der Waals surface area contributed by atoms with Crippen molar-refractivity contribution in [2.75, 3.05) is 31.1 Å². The molecule has 1 atom stereocenters. The van der Waals surface area contributed by atoms with E-state index in [9.17, 15) is 5.11 Å². The van der Waals surface area contributed by atoms with Gasteiger partial charge in [-0.3, -0.25) is 4.90 Å². The Kier molecular flexibility index (Phi) is 4.93. The molecule has 2 aromatic heterocycles. The first-order valence-electron chi connectivity index (χ1n) is 8.29. The summed E-state index contributed by atoms with van der Waals surface area (Å²) in [6.07, 6.45) is 3.39. The second-order valence-electron chi connectivity index (χ2n) is 5.99. The number of aliphatic hydroxyl groups excluding tert-OH is 1. The van der Waals surface area contributed by atoms with Crippen LogP contribution in [0.1, 0.15) is 31.5 Å². The van der Waals surface area contributed by atoms with Crippen LogP contribution in [0.4, 0.5) is 5.82 Å². The zero-order valence-corrected chi connectivity index (χ0v) is 13.9. The van der Waals surface area contributed by atoms with Gasteiger partial charge in [-0.1, -0.05) is 6.07 Å². The van der Waals surface area contributed by atoms with Crippen molar-refractivity contribution in [3.8, 4) is 0 Å². The van der Waals surface area contributed by atoms with Crippen LogP contribution in [-0.4, -0.2) is 50.7 Å². The minimum Gasteiger partial charge on any atom is -0.387 e. The molecule has 124 valence electrons. The molecule has 3 heterocycles. The molecule has 3 rings (SSSR count). The Bertz CT molecular complexity index is 631. The van der Waals surface area contributed by atoms with Gasteiger partial charge in [0.15, 0.2) is 0 Å². The minimum atomic E-state index is -0.524. The van der Waals surface area contributed by atoms with Crippen molar-refractivity contribution in [2.24, 2.45) is 0 Å². The first-order valence-corrected chi connectivity index (χ1v) is 8.29. The van der Waals surface area contributed by atoms with Crippen molar-refractivity contribution in [3.05, 3.63) is 42.1 Å². The van der Waals surface area contributed by atoms with Crippen LogP contribution < -0.4 is 4.90 Å². The van der Waals surface area contributed by atoms with Crippen LogP contribution in [-0.2, 0) is 13.1 Å². The lowest BCUT2D eigenvalue weighted by Crippen LogP contribution is -2.46. The van der Waals surface area contributed by atoms with Crippen molar-refractivity contribution in [3.63, 3.8) is 0 Å². The highest BCUT2D eigenvalue weighted by Gasteiger charge is 2.19. The van der Waals surface area contributed by atoms with Crippen LogP contribution in [0.5, 0.6) is 0 Å². The molecule has 1 fully saturated rings. The molecular weight excluding hydrogens is 290 g/mol. The van der Waals surface area contributed by atoms with E-state index in [-0.39, 0.29) is 0 Å². The van der Waals surface area contributed by atoms with E-state index in [1.165, 1.54) is 0 Å². The summed E-state index contributed by atoms with van der Waals surface area (Å²) in [7, 11) is 0. The smallest absolute Gasteiger partial charge is 0.129 e. The van der Waals surface area contributed by atoms with Gasteiger partial charge in [0.1, 0.15) is 11.6 Å². The fraction of sp³-hybridized carbons (Fsp3) is 0.529. The highest BCUT2D eigenvalue weighted by molar-refractivity contribution is 5.40. The SMILES string of the molecule is CCn1ccnc1CN1CCN(c2cccc(C(C)O)n2)CC1. The van der Waals surface area contributed by atoms with Crippen LogP contribution in [0, 0.1) is 0 Å². The van der Waals surface area contributed by atoms with Gasteiger partial charge in [0.25, 0.3) is 0 Å². The predicted molar refractivity (Wildman–Crippen MR) is 90.3 cm³/mol. The fourth-order valence-corrected chi connectivity index (χ4v) is 2.96. The third-order valence-corrected chi connectivity index (χ3v) is 4.39. The molecule has 1 aliphatic rings. The van der Waals surface area contributed by atoms with E-state index in [1.807, 2.05) is 30.6 Å². The molecule has 0 aromatic carbocycles. The van der Waals surface area contributed by atoms with Crippen molar-refractivity contribution in [1.82, 2.24) is 19.4 Å². The van der Waals surface area contributed by atoms with Gasteiger partial charge in [-0.05, 0) is 26.0 Å². The molecule has 1 unspecified atom stereocenters. The fourth-order valence-electron chi connectivity index (χ4n) is 2.96. The van der Waals surface area contributed by atoms with Crippen molar-refractivity contribution >= 4 is 5.82 Å². The van der Waals surface area contributed by atoms with Gasteiger partial charge in [-0.25, -0.2) is 9.97 Å². The summed E-state index contributed by atoms with van der Waals surface area (Å²) < 4.78 is 2.19. The van der Waals surface area contributed by atoms with Crippen molar-refractivity contribution in [1.29, 1.82) is 0 Å². The molecule has 0 aliphatic carbocycles. The summed E-state index contributed by atoms with van der Waals surface area (Å²) in [4.78, 5) is 13.7. The van der Waals surface area contributed by atoms with Crippen LogP contribution in [0.25, 0.3) is 0 Å². The van der Waals surface area contributed by atoms with Crippen LogP contribution in [0.3, 0.4) is 0 Å². The second kappa shape index (κ2) is 7.10. The van der Waals surface area contributed by atoms with Crippen LogP contribution in [0.2, 0.25) is 0 Å². The van der Waals surface area contributed by atoms with E-state index in [0.717, 1.165) is 56.6 Å². The number of hydrogen-bond donors (Lipinski definition) is 1. The number of aromatic nitrogens is 3. The Morgan fingerprint density at radius 3 is 2.70 bits per heavy atom. The number of rotatable bonds is 5. The molecule has 23 heavy (non-hydrogen) atoms. The highest BCUT2D eigenvalue weighted by atomic mass is 16.3.